The minimum absolute atomic E-state index is 0.203. The molecule has 0 atom stereocenters. The summed E-state index contributed by atoms with van der Waals surface area (Å²) in [5.41, 5.74) is 1.04. The van der Waals surface area contributed by atoms with Crippen molar-refractivity contribution in [2.75, 3.05) is 39.4 Å². The molecule has 1 aromatic heterocycles. The van der Waals surface area contributed by atoms with Gasteiger partial charge >= 0.3 is 0 Å². The largest absolute Gasteiger partial charge is 0.379 e. The molecule has 25 heavy (non-hydrogen) atoms. The van der Waals surface area contributed by atoms with Crippen LogP contribution in [0.15, 0.2) is 42.9 Å². The third-order valence-electron chi connectivity index (χ3n) is 4.12. The Morgan fingerprint density at radius 2 is 2.12 bits per heavy atom. The summed E-state index contributed by atoms with van der Waals surface area (Å²) in [6, 6.07) is 6.31. The highest BCUT2D eigenvalue weighted by molar-refractivity contribution is 5.91. The first-order valence-electron chi connectivity index (χ1n) is 8.32. The number of halogens is 1. The monoisotopic (exact) mass is 344 g/mol. The van der Waals surface area contributed by atoms with Gasteiger partial charge in [-0.05, 0) is 17.7 Å². The number of nitrogens with zero attached hydrogens (tertiary/aromatic N) is 4. The number of carbonyl (C=O) groups is 1. The van der Waals surface area contributed by atoms with Gasteiger partial charge in [-0.15, -0.1) is 0 Å². The van der Waals surface area contributed by atoms with Crippen LogP contribution in [-0.4, -0.2) is 65.1 Å². The van der Waals surface area contributed by atoms with E-state index in [1.54, 1.807) is 11.0 Å². The maximum atomic E-state index is 13.5. The molecule has 132 valence electrons. The van der Waals surface area contributed by atoms with E-state index in [1.807, 2.05) is 6.07 Å². The van der Waals surface area contributed by atoms with Gasteiger partial charge in [0, 0.05) is 45.1 Å². The Morgan fingerprint density at radius 3 is 2.84 bits per heavy atom. The van der Waals surface area contributed by atoms with Crippen LogP contribution >= 0.6 is 0 Å². The number of morpholine rings is 1. The molecule has 3 rings (SSSR count). The molecule has 0 spiro atoms. The van der Waals surface area contributed by atoms with Crippen molar-refractivity contribution in [3.05, 3.63) is 59.9 Å². The van der Waals surface area contributed by atoms with Gasteiger partial charge in [0.05, 0.1) is 19.4 Å². The van der Waals surface area contributed by atoms with E-state index >= 15 is 0 Å². The number of hydrogen-bond acceptors (Lipinski definition) is 5. The number of rotatable bonds is 6. The topological polar surface area (TPSA) is 58.6 Å². The molecule has 0 bridgehead atoms. The van der Waals surface area contributed by atoms with Crippen molar-refractivity contribution in [2.24, 2.45) is 0 Å². The Hall–Kier alpha value is -2.38. The molecule has 1 aliphatic rings. The zero-order valence-electron chi connectivity index (χ0n) is 14.0. The van der Waals surface area contributed by atoms with E-state index in [-0.39, 0.29) is 11.7 Å². The summed E-state index contributed by atoms with van der Waals surface area (Å²) in [4.78, 5) is 24.8. The SMILES string of the molecule is O=C(c1cnccn1)N(CCN1CCOCC1)Cc1cccc(F)c1. The van der Waals surface area contributed by atoms with Gasteiger partial charge in [0.25, 0.3) is 5.91 Å². The van der Waals surface area contributed by atoms with E-state index in [1.165, 1.54) is 30.7 Å². The van der Waals surface area contributed by atoms with Crippen molar-refractivity contribution in [3.8, 4) is 0 Å². The molecule has 0 aliphatic carbocycles. The summed E-state index contributed by atoms with van der Waals surface area (Å²) >= 11 is 0. The van der Waals surface area contributed by atoms with E-state index in [0.29, 0.717) is 32.0 Å². The van der Waals surface area contributed by atoms with Gasteiger partial charge in [-0.2, -0.15) is 0 Å². The van der Waals surface area contributed by atoms with Gasteiger partial charge in [0.2, 0.25) is 0 Å². The molecule has 6 nitrogen and oxygen atoms in total. The number of ether oxygens (including phenoxy) is 1. The highest BCUT2D eigenvalue weighted by Crippen LogP contribution is 2.11. The molecule has 1 saturated heterocycles. The fourth-order valence-corrected chi connectivity index (χ4v) is 2.77. The van der Waals surface area contributed by atoms with Crippen molar-refractivity contribution < 1.29 is 13.9 Å². The average molecular weight is 344 g/mol. The van der Waals surface area contributed by atoms with Crippen LogP contribution in [0, 0.1) is 5.82 Å². The maximum absolute atomic E-state index is 13.5. The predicted octanol–water partition coefficient (Wildman–Crippen LogP) is 1.59. The van der Waals surface area contributed by atoms with Crippen LogP contribution in [0.5, 0.6) is 0 Å². The van der Waals surface area contributed by atoms with Crippen LogP contribution in [0.1, 0.15) is 16.1 Å². The lowest BCUT2D eigenvalue weighted by atomic mass is 10.2. The van der Waals surface area contributed by atoms with Crippen LogP contribution < -0.4 is 0 Å². The standard InChI is InChI=1S/C18H21FN4O2/c19-16-3-1-2-15(12-16)14-23(7-6-22-8-10-25-11-9-22)18(24)17-13-20-4-5-21-17/h1-5,12-13H,6-11,14H2. The smallest absolute Gasteiger partial charge is 0.274 e. The second-order valence-corrected chi connectivity index (χ2v) is 5.90. The first-order valence-corrected chi connectivity index (χ1v) is 8.32. The average Bonchev–Trinajstić information content (AvgIpc) is 2.66. The normalized spacial score (nSPS) is 15.1. The zero-order valence-corrected chi connectivity index (χ0v) is 14.0. The van der Waals surface area contributed by atoms with E-state index < -0.39 is 0 Å². The molecule has 2 aromatic rings. The number of amides is 1. The van der Waals surface area contributed by atoms with Gasteiger partial charge < -0.3 is 9.64 Å². The molecule has 1 fully saturated rings. The van der Waals surface area contributed by atoms with Crippen LogP contribution in [0.2, 0.25) is 0 Å². The molecule has 0 radical (unpaired) electrons. The summed E-state index contributed by atoms with van der Waals surface area (Å²) in [6.07, 6.45) is 4.48. The zero-order chi connectivity index (χ0) is 17.5. The van der Waals surface area contributed by atoms with Crippen molar-refractivity contribution >= 4 is 5.91 Å². The molecular formula is C18H21FN4O2. The fourth-order valence-electron chi connectivity index (χ4n) is 2.77. The summed E-state index contributed by atoms with van der Waals surface area (Å²) in [5.74, 6) is -0.511. The van der Waals surface area contributed by atoms with Gasteiger partial charge in [-0.1, -0.05) is 12.1 Å². The molecule has 0 saturated carbocycles. The van der Waals surface area contributed by atoms with Gasteiger partial charge in [0.1, 0.15) is 11.5 Å². The highest BCUT2D eigenvalue weighted by atomic mass is 19.1. The highest BCUT2D eigenvalue weighted by Gasteiger charge is 2.19. The lowest BCUT2D eigenvalue weighted by molar-refractivity contribution is 0.0319. The Morgan fingerprint density at radius 1 is 1.28 bits per heavy atom. The summed E-state index contributed by atoms with van der Waals surface area (Å²) < 4.78 is 18.8. The molecule has 2 heterocycles. The van der Waals surface area contributed by atoms with Gasteiger partial charge in [-0.25, -0.2) is 9.37 Å². The summed E-state index contributed by atoms with van der Waals surface area (Å²) in [7, 11) is 0. The Bertz CT molecular complexity index is 692. The Kier molecular flexibility index (Phi) is 6.03. The number of aromatic nitrogens is 2. The lowest BCUT2D eigenvalue weighted by Gasteiger charge is -2.30. The van der Waals surface area contributed by atoms with Crippen LogP contribution in [0.4, 0.5) is 4.39 Å². The minimum Gasteiger partial charge on any atom is -0.379 e. The number of hydrogen-bond donors (Lipinski definition) is 0. The predicted molar refractivity (Wildman–Crippen MR) is 90.4 cm³/mol. The maximum Gasteiger partial charge on any atom is 0.274 e. The van der Waals surface area contributed by atoms with Crippen molar-refractivity contribution in [1.29, 1.82) is 0 Å². The van der Waals surface area contributed by atoms with Crippen molar-refractivity contribution in [2.45, 2.75) is 6.54 Å². The molecule has 1 aliphatic heterocycles. The molecule has 0 N–H and O–H groups in total. The quantitative estimate of drug-likeness (QED) is 0.796. The first-order chi connectivity index (χ1) is 12.2. The van der Waals surface area contributed by atoms with E-state index in [2.05, 4.69) is 14.9 Å². The Balaban J connectivity index is 1.71. The van der Waals surface area contributed by atoms with E-state index in [4.69, 9.17) is 4.74 Å². The molecule has 0 unspecified atom stereocenters. The Labute approximate surface area is 146 Å². The second kappa shape index (κ2) is 8.64. The van der Waals surface area contributed by atoms with Crippen molar-refractivity contribution in [1.82, 2.24) is 19.8 Å². The van der Waals surface area contributed by atoms with E-state index in [9.17, 15) is 9.18 Å². The lowest BCUT2D eigenvalue weighted by Crippen LogP contribution is -2.43. The van der Waals surface area contributed by atoms with Crippen LogP contribution in [-0.2, 0) is 11.3 Å². The minimum atomic E-state index is -0.308. The molecule has 7 heteroatoms. The van der Waals surface area contributed by atoms with Crippen LogP contribution in [0.25, 0.3) is 0 Å². The molecular weight excluding hydrogens is 323 g/mol. The third kappa shape index (κ3) is 5.04. The first kappa shape index (κ1) is 17.4. The third-order valence-corrected chi connectivity index (χ3v) is 4.12. The van der Waals surface area contributed by atoms with Crippen molar-refractivity contribution in [3.63, 3.8) is 0 Å². The van der Waals surface area contributed by atoms with E-state index in [0.717, 1.165) is 25.2 Å². The number of benzene rings is 1. The second-order valence-electron chi connectivity index (χ2n) is 5.90. The summed E-state index contributed by atoms with van der Waals surface area (Å²) in [5, 5.41) is 0. The fraction of sp³-hybridized carbons (Fsp3) is 0.389. The van der Waals surface area contributed by atoms with Gasteiger partial charge in [-0.3, -0.25) is 14.7 Å². The number of carbonyl (C=O) groups excluding carboxylic acids is 1. The van der Waals surface area contributed by atoms with Crippen LogP contribution in [0.3, 0.4) is 0 Å². The molecule has 1 aromatic carbocycles. The summed E-state index contributed by atoms with van der Waals surface area (Å²) in [6.45, 7) is 4.73. The van der Waals surface area contributed by atoms with Gasteiger partial charge in [0.15, 0.2) is 0 Å². The molecule has 1 amide bonds.